The number of hydrogen-bond acceptors (Lipinski definition) is 4. The van der Waals surface area contributed by atoms with Crippen LogP contribution in [0, 0.1) is 11.3 Å². The number of rotatable bonds is 3. The maximum atomic E-state index is 9.02. The van der Waals surface area contributed by atoms with Crippen molar-refractivity contribution >= 4 is 5.69 Å². The van der Waals surface area contributed by atoms with Gasteiger partial charge in [0.15, 0.2) is 5.82 Å². The zero-order valence-electron chi connectivity index (χ0n) is 12.4. The molecule has 5 heteroatoms. The van der Waals surface area contributed by atoms with E-state index in [9.17, 15) is 0 Å². The average molecular weight is 289 g/mol. The van der Waals surface area contributed by atoms with Crippen LogP contribution in [-0.4, -0.2) is 28.9 Å². The van der Waals surface area contributed by atoms with Gasteiger partial charge in [-0.15, -0.1) is 0 Å². The van der Waals surface area contributed by atoms with Gasteiger partial charge in [0.25, 0.3) is 0 Å². The number of anilines is 1. The van der Waals surface area contributed by atoms with Crippen molar-refractivity contribution in [3.05, 3.63) is 60.4 Å². The summed E-state index contributed by atoms with van der Waals surface area (Å²) in [6.45, 7) is 0. The lowest BCUT2D eigenvalue weighted by atomic mass is 10.1. The summed E-state index contributed by atoms with van der Waals surface area (Å²) in [5, 5.41) is 13.3. The quantitative estimate of drug-likeness (QED) is 0.744. The topological polar surface area (TPSA) is 57.7 Å². The Labute approximate surface area is 129 Å². The van der Waals surface area contributed by atoms with Crippen LogP contribution in [0.5, 0.6) is 0 Å². The zero-order chi connectivity index (χ0) is 15.5. The summed E-state index contributed by atoms with van der Waals surface area (Å²) in [5.74, 6) is 0.635. The lowest BCUT2D eigenvalue weighted by Gasteiger charge is -2.13. The number of pyridine rings is 1. The van der Waals surface area contributed by atoms with Gasteiger partial charge in [-0.1, -0.05) is 12.1 Å². The molecule has 3 rings (SSSR count). The third-order valence-corrected chi connectivity index (χ3v) is 3.41. The van der Waals surface area contributed by atoms with Gasteiger partial charge >= 0.3 is 0 Å². The number of benzene rings is 1. The third kappa shape index (κ3) is 2.54. The molecule has 0 bridgehead atoms. The predicted octanol–water partition coefficient (Wildman–Crippen LogP) is 2.87. The van der Waals surface area contributed by atoms with Crippen LogP contribution in [0.2, 0.25) is 0 Å². The molecule has 3 aromatic rings. The fourth-order valence-electron chi connectivity index (χ4n) is 2.24. The lowest BCUT2D eigenvalue weighted by molar-refractivity contribution is 0.853. The van der Waals surface area contributed by atoms with Crippen LogP contribution >= 0.6 is 0 Å². The molecule has 0 spiro atoms. The van der Waals surface area contributed by atoms with E-state index in [0.29, 0.717) is 11.4 Å². The fraction of sp³-hybridized carbons (Fsp3) is 0.118. The first-order valence-electron chi connectivity index (χ1n) is 6.87. The first kappa shape index (κ1) is 13.8. The van der Waals surface area contributed by atoms with Crippen molar-refractivity contribution < 1.29 is 0 Å². The normalized spacial score (nSPS) is 10.2. The number of hydrogen-bond donors (Lipinski definition) is 0. The maximum absolute atomic E-state index is 9.02. The minimum atomic E-state index is 0.564. The van der Waals surface area contributed by atoms with Crippen molar-refractivity contribution in [1.29, 1.82) is 5.26 Å². The Morgan fingerprint density at radius 3 is 2.50 bits per heavy atom. The Hall–Kier alpha value is -3.13. The van der Waals surface area contributed by atoms with Crippen LogP contribution in [0.4, 0.5) is 5.69 Å². The van der Waals surface area contributed by atoms with Crippen molar-refractivity contribution in [3.8, 4) is 23.1 Å². The SMILES string of the molecule is CN(C)c1ccc(-c2ccnn2-c2cc(C#N)ccn2)cc1. The van der Waals surface area contributed by atoms with E-state index in [0.717, 1.165) is 16.9 Å². The molecule has 0 aliphatic rings. The Morgan fingerprint density at radius 1 is 1.05 bits per heavy atom. The molecule has 0 fully saturated rings. The predicted molar refractivity (Wildman–Crippen MR) is 85.8 cm³/mol. The van der Waals surface area contributed by atoms with Crippen molar-refractivity contribution in [2.24, 2.45) is 0 Å². The smallest absolute Gasteiger partial charge is 0.155 e. The highest BCUT2D eigenvalue weighted by atomic mass is 15.3. The minimum absolute atomic E-state index is 0.564. The van der Waals surface area contributed by atoms with Crippen molar-refractivity contribution in [1.82, 2.24) is 14.8 Å². The molecule has 2 heterocycles. The molecule has 0 aliphatic heterocycles. The molecule has 0 radical (unpaired) electrons. The van der Waals surface area contributed by atoms with E-state index < -0.39 is 0 Å². The number of nitrogens with zero attached hydrogens (tertiary/aromatic N) is 5. The maximum Gasteiger partial charge on any atom is 0.155 e. The summed E-state index contributed by atoms with van der Waals surface area (Å²) in [4.78, 5) is 6.36. The Morgan fingerprint density at radius 2 is 1.82 bits per heavy atom. The van der Waals surface area contributed by atoms with E-state index in [1.807, 2.05) is 20.2 Å². The van der Waals surface area contributed by atoms with E-state index in [1.54, 1.807) is 29.2 Å². The molecular weight excluding hydrogens is 274 g/mol. The van der Waals surface area contributed by atoms with Gasteiger partial charge in [0.1, 0.15) is 0 Å². The van der Waals surface area contributed by atoms with Crippen LogP contribution in [0.3, 0.4) is 0 Å². The summed E-state index contributed by atoms with van der Waals surface area (Å²) in [7, 11) is 4.02. The molecule has 0 N–H and O–H groups in total. The highest BCUT2D eigenvalue weighted by Gasteiger charge is 2.09. The second-order valence-electron chi connectivity index (χ2n) is 5.08. The number of nitriles is 1. The number of aromatic nitrogens is 3. The van der Waals surface area contributed by atoms with Crippen LogP contribution in [0.1, 0.15) is 5.56 Å². The van der Waals surface area contributed by atoms with E-state index in [-0.39, 0.29) is 0 Å². The van der Waals surface area contributed by atoms with E-state index in [2.05, 4.69) is 45.3 Å². The van der Waals surface area contributed by atoms with Crippen LogP contribution in [0.15, 0.2) is 54.9 Å². The van der Waals surface area contributed by atoms with Crippen LogP contribution in [0.25, 0.3) is 17.1 Å². The summed E-state index contributed by atoms with van der Waals surface area (Å²) < 4.78 is 1.74. The second-order valence-corrected chi connectivity index (χ2v) is 5.08. The fourth-order valence-corrected chi connectivity index (χ4v) is 2.24. The molecule has 0 atom stereocenters. The molecule has 5 nitrogen and oxygen atoms in total. The third-order valence-electron chi connectivity index (χ3n) is 3.41. The molecule has 1 aromatic carbocycles. The molecule has 22 heavy (non-hydrogen) atoms. The minimum Gasteiger partial charge on any atom is -0.378 e. The summed E-state index contributed by atoms with van der Waals surface area (Å²) >= 11 is 0. The van der Waals surface area contributed by atoms with Gasteiger partial charge in [0, 0.05) is 37.6 Å². The highest BCUT2D eigenvalue weighted by Crippen LogP contribution is 2.24. The van der Waals surface area contributed by atoms with E-state index >= 15 is 0 Å². The molecule has 108 valence electrons. The molecule has 0 saturated carbocycles. The molecule has 0 amide bonds. The van der Waals surface area contributed by atoms with E-state index in [4.69, 9.17) is 5.26 Å². The molecular formula is C17H15N5. The van der Waals surface area contributed by atoms with Crippen molar-refractivity contribution in [2.75, 3.05) is 19.0 Å². The largest absolute Gasteiger partial charge is 0.378 e. The van der Waals surface area contributed by atoms with Crippen LogP contribution < -0.4 is 4.90 Å². The zero-order valence-corrected chi connectivity index (χ0v) is 12.4. The van der Waals surface area contributed by atoms with Gasteiger partial charge in [0.05, 0.1) is 23.5 Å². The lowest BCUT2D eigenvalue weighted by Crippen LogP contribution is -2.08. The van der Waals surface area contributed by atoms with Gasteiger partial charge in [-0.25, -0.2) is 9.67 Å². The van der Waals surface area contributed by atoms with Gasteiger partial charge in [-0.3, -0.25) is 0 Å². The highest BCUT2D eigenvalue weighted by molar-refractivity contribution is 5.64. The molecule has 0 unspecified atom stereocenters. The van der Waals surface area contributed by atoms with Gasteiger partial charge in [-0.2, -0.15) is 10.4 Å². The van der Waals surface area contributed by atoms with Gasteiger partial charge in [0.2, 0.25) is 0 Å². The summed E-state index contributed by atoms with van der Waals surface area (Å²) in [6, 6.07) is 15.7. The van der Waals surface area contributed by atoms with Crippen LogP contribution in [-0.2, 0) is 0 Å². The monoisotopic (exact) mass is 289 g/mol. The molecule has 0 saturated heterocycles. The Bertz CT molecular complexity index is 825. The molecule has 2 aromatic heterocycles. The standard InChI is InChI=1S/C17H15N5/c1-21(2)15-5-3-14(4-6-15)16-8-10-20-22(16)17-11-13(12-18)7-9-19-17/h3-11H,1-2H3. The second kappa shape index (κ2) is 5.70. The van der Waals surface area contributed by atoms with Gasteiger partial charge < -0.3 is 4.90 Å². The summed E-state index contributed by atoms with van der Waals surface area (Å²) in [5.41, 5.74) is 3.69. The van der Waals surface area contributed by atoms with Crippen molar-refractivity contribution in [2.45, 2.75) is 0 Å². The Balaban J connectivity index is 2.03. The Kier molecular flexibility index (Phi) is 3.58. The van der Waals surface area contributed by atoms with Gasteiger partial charge in [-0.05, 0) is 24.3 Å². The van der Waals surface area contributed by atoms with Crippen molar-refractivity contribution in [3.63, 3.8) is 0 Å². The molecule has 0 aliphatic carbocycles. The average Bonchev–Trinajstić information content (AvgIpc) is 3.04. The first-order chi connectivity index (χ1) is 10.7. The van der Waals surface area contributed by atoms with E-state index in [1.165, 1.54) is 0 Å². The first-order valence-corrected chi connectivity index (χ1v) is 6.87. The summed E-state index contributed by atoms with van der Waals surface area (Å²) in [6.07, 6.45) is 3.35.